The molecule has 0 amide bonds. The van der Waals surface area contributed by atoms with Crippen LogP contribution in [0.3, 0.4) is 0 Å². The Bertz CT molecular complexity index is 506. The van der Waals surface area contributed by atoms with E-state index in [1.165, 1.54) is 0 Å². The van der Waals surface area contributed by atoms with Crippen molar-refractivity contribution in [3.63, 3.8) is 0 Å². The molecule has 1 saturated carbocycles. The Morgan fingerprint density at radius 3 is 2.00 bits per heavy atom. The highest BCUT2D eigenvalue weighted by Crippen LogP contribution is 2.84. The fraction of sp³-hybridized carbons (Fsp3) is 0.333. The molecule has 1 fully saturated rings. The number of hydrogen-bond acceptors (Lipinski definition) is 0. The van der Waals surface area contributed by atoms with Gasteiger partial charge >= 0.3 is 0 Å². The lowest BCUT2D eigenvalue weighted by Crippen LogP contribution is -2.24. The SMILES string of the molecule is FC1=C(c2ccccc2)C[C@]12C(F)(F)C2(Cl)Cl. The minimum Gasteiger partial charge on any atom is -0.210 e. The van der Waals surface area contributed by atoms with Crippen LogP contribution in [0.15, 0.2) is 36.2 Å². The molecule has 0 unspecified atom stereocenters. The Morgan fingerprint density at radius 1 is 1.06 bits per heavy atom. The summed E-state index contributed by atoms with van der Waals surface area (Å²) in [5.41, 5.74) is -1.12. The van der Waals surface area contributed by atoms with E-state index < -0.39 is 21.5 Å². The molecule has 0 saturated heterocycles. The molecule has 0 aromatic heterocycles. The average molecular weight is 279 g/mol. The molecule has 5 heteroatoms. The first-order chi connectivity index (χ1) is 7.86. The molecule has 3 rings (SSSR count). The maximum absolute atomic E-state index is 13.9. The van der Waals surface area contributed by atoms with Gasteiger partial charge in [0, 0.05) is 0 Å². The second-order valence-corrected chi connectivity index (χ2v) is 5.72. The average Bonchev–Trinajstić information content (AvgIpc) is 2.65. The Morgan fingerprint density at radius 2 is 1.59 bits per heavy atom. The number of benzene rings is 1. The van der Waals surface area contributed by atoms with E-state index >= 15 is 0 Å². The van der Waals surface area contributed by atoms with Crippen LogP contribution < -0.4 is 0 Å². The third-order valence-electron chi connectivity index (χ3n) is 3.61. The van der Waals surface area contributed by atoms with Crippen LogP contribution in [-0.2, 0) is 0 Å². The lowest BCUT2D eigenvalue weighted by Gasteiger charge is -2.29. The zero-order valence-electron chi connectivity index (χ0n) is 8.48. The highest BCUT2D eigenvalue weighted by atomic mass is 35.5. The quantitative estimate of drug-likeness (QED) is 0.660. The van der Waals surface area contributed by atoms with Crippen LogP contribution >= 0.6 is 23.2 Å². The number of rotatable bonds is 1. The monoisotopic (exact) mass is 278 g/mol. The minimum absolute atomic E-state index is 0.122. The second kappa shape index (κ2) is 3.01. The van der Waals surface area contributed by atoms with Crippen LogP contribution in [0.1, 0.15) is 12.0 Å². The highest BCUT2D eigenvalue weighted by molar-refractivity contribution is 6.53. The molecular formula is C12H7Cl2F3. The second-order valence-electron chi connectivity index (χ2n) is 4.39. The van der Waals surface area contributed by atoms with Crippen molar-refractivity contribution in [2.24, 2.45) is 5.41 Å². The molecule has 0 nitrogen and oxygen atoms in total. The van der Waals surface area contributed by atoms with Crippen molar-refractivity contribution in [3.05, 3.63) is 41.7 Å². The standard InChI is InChI=1S/C12H7Cl2F3/c13-11(14)10(12(11,16)17)6-8(9(10)15)7-4-2-1-3-5-7/h1-5H,6H2/t10-/m0/s1. The van der Waals surface area contributed by atoms with Crippen LogP contribution in [0.2, 0.25) is 0 Å². The van der Waals surface area contributed by atoms with Crippen molar-refractivity contribution >= 4 is 28.8 Å². The van der Waals surface area contributed by atoms with Gasteiger partial charge in [0.2, 0.25) is 0 Å². The summed E-state index contributed by atoms with van der Waals surface area (Å²) in [6.07, 6.45) is -0.122. The summed E-state index contributed by atoms with van der Waals surface area (Å²) in [6.45, 7) is 0. The lowest BCUT2D eigenvalue weighted by molar-refractivity contribution is 0.0625. The molecule has 17 heavy (non-hydrogen) atoms. The van der Waals surface area contributed by atoms with E-state index in [2.05, 4.69) is 0 Å². The number of allylic oxidation sites excluding steroid dienone is 2. The fourth-order valence-corrected chi connectivity index (χ4v) is 3.17. The molecule has 0 N–H and O–H groups in total. The fourth-order valence-electron chi connectivity index (χ4n) is 2.41. The van der Waals surface area contributed by atoms with E-state index in [0.717, 1.165) is 0 Å². The van der Waals surface area contributed by atoms with E-state index in [4.69, 9.17) is 23.2 Å². The minimum atomic E-state index is -3.38. The van der Waals surface area contributed by atoms with E-state index in [-0.39, 0.29) is 12.0 Å². The molecule has 1 aromatic rings. The van der Waals surface area contributed by atoms with Gasteiger partial charge in [0.25, 0.3) is 5.92 Å². The van der Waals surface area contributed by atoms with Crippen molar-refractivity contribution < 1.29 is 13.2 Å². The van der Waals surface area contributed by atoms with Crippen LogP contribution in [0.4, 0.5) is 13.2 Å². The van der Waals surface area contributed by atoms with Crippen LogP contribution in [0.5, 0.6) is 0 Å². The molecule has 90 valence electrons. The summed E-state index contributed by atoms with van der Waals surface area (Å²) in [5, 5.41) is 0. The van der Waals surface area contributed by atoms with Gasteiger partial charge in [-0.15, -0.1) is 0 Å². The molecule has 2 aliphatic rings. The summed E-state index contributed by atoms with van der Waals surface area (Å²) < 4.78 is 38.4. The molecule has 0 aliphatic heterocycles. The van der Waals surface area contributed by atoms with E-state index in [9.17, 15) is 13.2 Å². The van der Waals surface area contributed by atoms with Gasteiger partial charge in [0.1, 0.15) is 11.2 Å². The summed E-state index contributed by atoms with van der Waals surface area (Å²) in [4.78, 5) is 0. The van der Waals surface area contributed by atoms with Crippen molar-refractivity contribution in [1.29, 1.82) is 0 Å². The zero-order chi connectivity index (χ0) is 12.5. The first kappa shape index (κ1) is 11.4. The van der Waals surface area contributed by atoms with Gasteiger partial charge in [-0.25, -0.2) is 13.2 Å². The molecule has 0 radical (unpaired) electrons. The predicted octanol–water partition coefficient (Wildman–Crippen LogP) is 4.58. The number of halogens is 5. The third-order valence-corrected chi connectivity index (χ3v) is 4.73. The molecule has 2 aliphatic carbocycles. The summed E-state index contributed by atoms with van der Waals surface area (Å²) >= 11 is 11.0. The van der Waals surface area contributed by atoms with Gasteiger partial charge in [-0.1, -0.05) is 53.5 Å². The van der Waals surface area contributed by atoms with Crippen LogP contribution in [-0.4, -0.2) is 10.3 Å². The Balaban J connectivity index is 2.03. The molecule has 0 bridgehead atoms. The summed E-state index contributed by atoms with van der Waals surface area (Å²) in [5.74, 6) is -4.26. The van der Waals surface area contributed by atoms with Crippen LogP contribution in [0, 0.1) is 5.41 Å². The largest absolute Gasteiger partial charge is 0.296 e. The third kappa shape index (κ3) is 1.03. The molecular weight excluding hydrogens is 272 g/mol. The number of alkyl halides is 4. The van der Waals surface area contributed by atoms with E-state index in [1.807, 2.05) is 0 Å². The Labute approximate surface area is 106 Å². The predicted molar refractivity (Wildman–Crippen MR) is 60.9 cm³/mol. The topological polar surface area (TPSA) is 0 Å². The molecule has 1 atom stereocenters. The highest BCUT2D eigenvalue weighted by Gasteiger charge is 2.96. The summed E-state index contributed by atoms with van der Waals surface area (Å²) in [7, 11) is 0. The van der Waals surface area contributed by atoms with Gasteiger partial charge in [0.05, 0.1) is 0 Å². The van der Waals surface area contributed by atoms with Gasteiger partial charge in [0.15, 0.2) is 4.33 Å². The van der Waals surface area contributed by atoms with Crippen molar-refractivity contribution in [3.8, 4) is 0 Å². The first-order valence-electron chi connectivity index (χ1n) is 5.06. The Hall–Kier alpha value is -0.670. The smallest absolute Gasteiger partial charge is 0.210 e. The number of hydrogen-bond donors (Lipinski definition) is 0. The van der Waals surface area contributed by atoms with Gasteiger partial charge < -0.3 is 0 Å². The van der Waals surface area contributed by atoms with E-state index in [1.54, 1.807) is 30.3 Å². The lowest BCUT2D eigenvalue weighted by atomic mass is 9.77. The van der Waals surface area contributed by atoms with Gasteiger partial charge in [-0.3, -0.25) is 0 Å². The van der Waals surface area contributed by atoms with Crippen molar-refractivity contribution in [2.75, 3.05) is 0 Å². The van der Waals surface area contributed by atoms with Gasteiger partial charge in [-0.2, -0.15) is 0 Å². The maximum Gasteiger partial charge on any atom is 0.296 e. The first-order valence-corrected chi connectivity index (χ1v) is 5.82. The molecule has 0 heterocycles. The van der Waals surface area contributed by atoms with Gasteiger partial charge in [-0.05, 0) is 17.6 Å². The molecule has 1 aromatic carbocycles. The van der Waals surface area contributed by atoms with Crippen molar-refractivity contribution in [1.82, 2.24) is 0 Å². The van der Waals surface area contributed by atoms with Crippen LogP contribution in [0.25, 0.3) is 5.57 Å². The summed E-state index contributed by atoms with van der Waals surface area (Å²) in [6, 6.07) is 8.56. The maximum atomic E-state index is 13.9. The zero-order valence-corrected chi connectivity index (χ0v) is 10.00. The normalized spacial score (nSPS) is 32.5. The van der Waals surface area contributed by atoms with E-state index in [0.29, 0.717) is 5.56 Å². The molecule has 1 spiro atoms. The van der Waals surface area contributed by atoms with Crippen molar-refractivity contribution in [2.45, 2.75) is 16.7 Å². The Kier molecular flexibility index (Phi) is 2.02.